The third-order valence-electron chi connectivity index (χ3n) is 2.29. The van der Waals surface area contributed by atoms with Crippen LogP contribution in [0.5, 0.6) is 11.8 Å². The summed E-state index contributed by atoms with van der Waals surface area (Å²) in [6.45, 7) is 3.58. The molecule has 1 heterocycles. The van der Waals surface area contributed by atoms with Gasteiger partial charge in [0.2, 0.25) is 0 Å². The molecule has 17 heavy (non-hydrogen) atoms. The second kappa shape index (κ2) is 4.37. The van der Waals surface area contributed by atoms with Crippen molar-refractivity contribution in [3.63, 3.8) is 0 Å². The Kier molecular flexibility index (Phi) is 2.91. The summed E-state index contributed by atoms with van der Waals surface area (Å²) in [6, 6.07) is 4.60. The first-order valence-electron chi connectivity index (χ1n) is 5.09. The van der Waals surface area contributed by atoms with Gasteiger partial charge in [0, 0.05) is 23.6 Å². The molecule has 0 spiro atoms. The summed E-state index contributed by atoms with van der Waals surface area (Å²) in [5.74, 6) is -0.458. The Morgan fingerprint density at radius 3 is 2.76 bits per heavy atom. The SMILES string of the molecule is Cc1ccnc(Oc2cc(C)c(N)cc2F)n1. The summed E-state index contributed by atoms with van der Waals surface area (Å²) in [7, 11) is 0. The van der Waals surface area contributed by atoms with Gasteiger partial charge in [-0.1, -0.05) is 0 Å². The summed E-state index contributed by atoms with van der Waals surface area (Å²) in [5.41, 5.74) is 7.47. The molecule has 0 saturated heterocycles. The number of nitrogens with two attached hydrogens (primary N) is 1. The van der Waals surface area contributed by atoms with Gasteiger partial charge in [-0.2, -0.15) is 0 Å². The van der Waals surface area contributed by atoms with E-state index >= 15 is 0 Å². The normalized spacial score (nSPS) is 10.3. The van der Waals surface area contributed by atoms with E-state index < -0.39 is 5.82 Å². The summed E-state index contributed by atoms with van der Waals surface area (Å²) >= 11 is 0. The number of hydrogen-bond donors (Lipinski definition) is 1. The molecule has 0 saturated carbocycles. The lowest BCUT2D eigenvalue weighted by Crippen LogP contribution is -1.97. The van der Waals surface area contributed by atoms with Crippen molar-refractivity contribution in [2.45, 2.75) is 13.8 Å². The third kappa shape index (κ3) is 2.50. The van der Waals surface area contributed by atoms with E-state index in [2.05, 4.69) is 9.97 Å². The third-order valence-corrected chi connectivity index (χ3v) is 2.29. The van der Waals surface area contributed by atoms with Crippen molar-refractivity contribution in [3.05, 3.63) is 41.5 Å². The van der Waals surface area contributed by atoms with Crippen molar-refractivity contribution in [1.82, 2.24) is 9.97 Å². The van der Waals surface area contributed by atoms with Crippen molar-refractivity contribution >= 4 is 5.69 Å². The van der Waals surface area contributed by atoms with Crippen LogP contribution in [0.15, 0.2) is 24.4 Å². The first kappa shape index (κ1) is 11.3. The predicted molar refractivity (Wildman–Crippen MR) is 62.4 cm³/mol. The molecule has 0 aliphatic carbocycles. The molecule has 2 aromatic rings. The molecule has 0 unspecified atom stereocenters. The average molecular weight is 233 g/mol. The minimum Gasteiger partial charge on any atom is -0.421 e. The molecule has 88 valence electrons. The number of benzene rings is 1. The summed E-state index contributed by atoms with van der Waals surface area (Å²) in [5, 5.41) is 0. The molecule has 0 atom stereocenters. The molecule has 2 rings (SSSR count). The van der Waals surface area contributed by atoms with E-state index in [0.717, 1.165) is 11.3 Å². The fraction of sp³-hybridized carbons (Fsp3) is 0.167. The highest BCUT2D eigenvalue weighted by molar-refractivity contribution is 5.50. The first-order valence-corrected chi connectivity index (χ1v) is 5.09. The van der Waals surface area contributed by atoms with Crippen LogP contribution in [0.4, 0.5) is 10.1 Å². The van der Waals surface area contributed by atoms with E-state index in [0.29, 0.717) is 5.69 Å². The van der Waals surface area contributed by atoms with E-state index in [1.54, 1.807) is 26.1 Å². The average Bonchev–Trinajstić information content (AvgIpc) is 2.26. The maximum atomic E-state index is 13.6. The Hall–Kier alpha value is -2.17. The lowest BCUT2D eigenvalue weighted by Gasteiger charge is -2.07. The zero-order chi connectivity index (χ0) is 12.4. The van der Waals surface area contributed by atoms with Gasteiger partial charge in [0.1, 0.15) is 0 Å². The van der Waals surface area contributed by atoms with Gasteiger partial charge >= 0.3 is 6.01 Å². The number of nitrogen functional groups attached to an aromatic ring is 1. The van der Waals surface area contributed by atoms with Crippen LogP contribution in [0.3, 0.4) is 0 Å². The number of hydrogen-bond acceptors (Lipinski definition) is 4. The van der Waals surface area contributed by atoms with E-state index in [1.807, 2.05) is 0 Å². The van der Waals surface area contributed by atoms with Crippen LogP contribution in [-0.2, 0) is 0 Å². The highest BCUT2D eigenvalue weighted by Crippen LogP contribution is 2.26. The minimum atomic E-state index is -0.529. The zero-order valence-electron chi connectivity index (χ0n) is 9.57. The van der Waals surface area contributed by atoms with Gasteiger partial charge in [-0.3, -0.25) is 0 Å². The van der Waals surface area contributed by atoms with Crippen LogP contribution in [0, 0.1) is 19.7 Å². The molecular weight excluding hydrogens is 221 g/mol. The van der Waals surface area contributed by atoms with Gasteiger partial charge in [-0.15, -0.1) is 0 Å². The van der Waals surface area contributed by atoms with Crippen molar-refractivity contribution in [2.75, 3.05) is 5.73 Å². The number of rotatable bonds is 2. The Morgan fingerprint density at radius 1 is 1.29 bits per heavy atom. The summed E-state index contributed by atoms with van der Waals surface area (Å²) in [6.07, 6.45) is 1.56. The smallest absolute Gasteiger partial charge is 0.322 e. The van der Waals surface area contributed by atoms with Crippen LogP contribution in [0.25, 0.3) is 0 Å². The van der Waals surface area contributed by atoms with E-state index in [9.17, 15) is 4.39 Å². The largest absolute Gasteiger partial charge is 0.421 e. The van der Waals surface area contributed by atoms with E-state index in [-0.39, 0.29) is 11.8 Å². The monoisotopic (exact) mass is 233 g/mol. The Morgan fingerprint density at radius 2 is 2.06 bits per heavy atom. The van der Waals surface area contributed by atoms with Gasteiger partial charge in [-0.05, 0) is 31.5 Å². The molecule has 0 radical (unpaired) electrons. The fourth-order valence-corrected chi connectivity index (χ4v) is 1.32. The zero-order valence-corrected chi connectivity index (χ0v) is 9.57. The molecule has 0 aliphatic rings. The van der Waals surface area contributed by atoms with Crippen LogP contribution >= 0.6 is 0 Å². The van der Waals surface area contributed by atoms with Gasteiger partial charge in [-0.25, -0.2) is 14.4 Å². The molecular formula is C12H12FN3O. The first-order chi connectivity index (χ1) is 8.06. The number of nitrogens with zero attached hydrogens (tertiary/aromatic N) is 2. The van der Waals surface area contributed by atoms with Crippen LogP contribution in [0.2, 0.25) is 0 Å². The Balaban J connectivity index is 2.33. The molecule has 5 heteroatoms. The van der Waals surface area contributed by atoms with Crippen LogP contribution in [-0.4, -0.2) is 9.97 Å². The Bertz CT molecular complexity index is 557. The number of halogens is 1. The van der Waals surface area contributed by atoms with Crippen molar-refractivity contribution in [2.24, 2.45) is 0 Å². The van der Waals surface area contributed by atoms with Crippen molar-refractivity contribution in [1.29, 1.82) is 0 Å². The topological polar surface area (TPSA) is 61.0 Å². The maximum absolute atomic E-state index is 13.6. The Labute approximate surface area is 98.3 Å². The van der Waals surface area contributed by atoms with Gasteiger partial charge in [0.15, 0.2) is 11.6 Å². The molecule has 0 amide bonds. The minimum absolute atomic E-state index is 0.0716. The highest BCUT2D eigenvalue weighted by Gasteiger charge is 2.09. The van der Waals surface area contributed by atoms with E-state index in [1.165, 1.54) is 12.1 Å². The molecule has 0 bridgehead atoms. The lowest BCUT2D eigenvalue weighted by atomic mass is 10.2. The lowest BCUT2D eigenvalue weighted by molar-refractivity contribution is 0.410. The predicted octanol–water partition coefficient (Wildman–Crippen LogP) is 2.61. The highest BCUT2D eigenvalue weighted by atomic mass is 19.1. The maximum Gasteiger partial charge on any atom is 0.322 e. The number of anilines is 1. The fourth-order valence-electron chi connectivity index (χ4n) is 1.32. The van der Waals surface area contributed by atoms with Crippen LogP contribution < -0.4 is 10.5 Å². The molecule has 4 nitrogen and oxygen atoms in total. The number of aromatic nitrogens is 2. The molecule has 2 N–H and O–H groups in total. The second-order valence-corrected chi connectivity index (χ2v) is 3.72. The molecule has 0 aliphatic heterocycles. The van der Waals surface area contributed by atoms with Crippen molar-refractivity contribution < 1.29 is 9.13 Å². The summed E-state index contributed by atoms with van der Waals surface area (Å²) < 4.78 is 18.8. The van der Waals surface area contributed by atoms with Crippen molar-refractivity contribution in [3.8, 4) is 11.8 Å². The number of ether oxygens (including phenoxy) is 1. The van der Waals surface area contributed by atoms with Gasteiger partial charge < -0.3 is 10.5 Å². The molecule has 1 aromatic heterocycles. The summed E-state index contributed by atoms with van der Waals surface area (Å²) in [4.78, 5) is 7.93. The quantitative estimate of drug-likeness (QED) is 0.810. The van der Waals surface area contributed by atoms with E-state index in [4.69, 9.17) is 10.5 Å². The van der Waals surface area contributed by atoms with Gasteiger partial charge in [0.05, 0.1) is 0 Å². The van der Waals surface area contributed by atoms with Gasteiger partial charge in [0.25, 0.3) is 0 Å². The molecule has 0 fully saturated rings. The standard InChI is InChI=1S/C12H12FN3O/c1-7-5-11(9(13)6-10(7)14)17-12-15-4-3-8(2)16-12/h3-6H,14H2,1-2H3. The molecule has 1 aromatic carbocycles. The van der Waals surface area contributed by atoms with Crippen LogP contribution in [0.1, 0.15) is 11.3 Å². The number of aryl methyl sites for hydroxylation is 2. The second-order valence-electron chi connectivity index (χ2n) is 3.72.